The predicted molar refractivity (Wildman–Crippen MR) is 79.0 cm³/mol. The highest BCUT2D eigenvalue weighted by atomic mass is 32.1. The Hall–Kier alpha value is -1.28. The molecule has 0 fully saturated rings. The lowest BCUT2D eigenvalue weighted by Gasteiger charge is -2.06. The van der Waals surface area contributed by atoms with Crippen LogP contribution in [0.4, 0.5) is 5.69 Å². The average molecular weight is 245 g/mol. The minimum absolute atomic E-state index is 1.06. The molecule has 0 amide bonds. The molecule has 0 saturated carbocycles. The fourth-order valence-corrected chi connectivity index (χ4v) is 2.67. The van der Waals surface area contributed by atoms with Crippen LogP contribution in [-0.4, -0.2) is 6.54 Å². The molecule has 2 rings (SSSR count). The Bertz CT molecular complexity index is 472. The van der Waals surface area contributed by atoms with Crippen molar-refractivity contribution in [3.8, 4) is 0 Å². The standard InChI is InChI=1S/C15H19NS/c1-2-3-4-5-6-10-16-14-7-8-15-13(12-14)9-11-17-15/h2,7-9,11-12,16H,1,3-6,10H2. The first-order chi connectivity index (χ1) is 8.40. The van der Waals surface area contributed by atoms with Crippen LogP contribution in [0.5, 0.6) is 0 Å². The molecule has 2 aromatic rings. The van der Waals surface area contributed by atoms with Crippen LogP contribution >= 0.6 is 11.3 Å². The Morgan fingerprint density at radius 2 is 2.12 bits per heavy atom. The summed E-state index contributed by atoms with van der Waals surface area (Å²) in [6.07, 6.45) is 6.91. The highest BCUT2D eigenvalue weighted by Gasteiger charge is 1.96. The van der Waals surface area contributed by atoms with Gasteiger partial charge in [-0.25, -0.2) is 0 Å². The van der Waals surface area contributed by atoms with Crippen molar-refractivity contribution in [3.63, 3.8) is 0 Å². The molecule has 0 unspecified atom stereocenters. The fourth-order valence-electron chi connectivity index (χ4n) is 1.90. The molecule has 90 valence electrons. The van der Waals surface area contributed by atoms with Crippen molar-refractivity contribution in [2.75, 3.05) is 11.9 Å². The summed E-state index contributed by atoms with van der Waals surface area (Å²) in [7, 11) is 0. The van der Waals surface area contributed by atoms with Gasteiger partial charge in [0.15, 0.2) is 0 Å². The lowest BCUT2D eigenvalue weighted by atomic mass is 10.2. The van der Waals surface area contributed by atoms with Gasteiger partial charge in [-0.3, -0.25) is 0 Å². The fraction of sp³-hybridized carbons (Fsp3) is 0.333. The van der Waals surface area contributed by atoms with Gasteiger partial charge in [-0.05, 0) is 54.3 Å². The largest absolute Gasteiger partial charge is 0.385 e. The molecule has 0 atom stereocenters. The van der Waals surface area contributed by atoms with E-state index < -0.39 is 0 Å². The Labute approximate surface area is 107 Å². The number of thiophene rings is 1. The van der Waals surface area contributed by atoms with Crippen LogP contribution in [-0.2, 0) is 0 Å². The summed E-state index contributed by atoms with van der Waals surface area (Å²) < 4.78 is 1.36. The zero-order chi connectivity index (χ0) is 11.9. The van der Waals surface area contributed by atoms with Crippen LogP contribution in [0.2, 0.25) is 0 Å². The highest BCUT2D eigenvalue weighted by molar-refractivity contribution is 7.17. The Kier molecular flexibility index (Phi) is 4.63. The molecular formula is C15H19NS. The van der Waals surface area contributed by atoms with E-state index in [2.05, 4.69) is 41.5 Å². The summed E-state index contributed by atoms with van der Waals surface area (Å²) >= 11 is 1.80. The van der Waals surface area contributed by atoms with Crippen LogP contribution in [0.3, 0.4) is 0 Å². The Morgan fingerprint density at radius 1 is 1.18 bits per heavy atom. The van der Waals surface area contributed by atoms with E-state index in [0.29, 0.717) is 0 Å². The van der Waals surface area contributed by atoms with Gasteiger partial charge in [-0.1, -0.05) is 12.5 Å². The molecule has 2 heteroatoms. The van der Waals surface area contributed by atoms with Crippen LogP contribution in [0, 0.1) is 0 Å². The van der Waals surface area contributed by atoms with Crippen LogP contribution < -0.4 is 5.32 Å². The number of allylic oxidation sites excluding steroid dienone is 1. The summed E-state index contributed by atoms with van der Waals surface area (Å²) in [5.74, 6) is 0. The Balaban J connectivity index is 1.76. The molecule has 0 aliphatic heterocycles. The van der Waals surface area contributed by atoms with E-state index in [1.165, 1.54) is 35.0 Å². The molecule has 1 aromatic carbocycles. The smallest absolute Gasteiger partial charge is 0.0347 e. The quantitative estimate of drug-likeness (QED) is 0.531. The summed E-state index contributed by atoms with van der Waals surface area (Å²) in [5.41, 5.74) is 1.24. The molecule has 0 aliphatic carbocycles. The van der Waals surface area contributed by atoms with Gasteiger partial charge in [-0.2, -0.15) is 0 Å². The van der Waals surface area contributed by atoms with Crippen molar-refractivity contribution in [3.05, 3.63) is 42.3 Å². The van der Waals surface area contributed by atoms with Gasteiger partial charge in [0, 0.05) is 16.9 Å². The summed E-state index contributed by atoms with van der Waals surface area (Å²) in [6.45, 7) is 4.80. The minimum atomic E-state index is 1.06. The molecule has 1 aromatic heterocycles. The van der Waals surface area contributed by atoms with Crippen molar-refractivity contribution in [1.29, 1.82) is 0 Å². The molecule has 1 N–H and O–H groups in total. The second-order valence-corrected chi connectivity index (χ2v) is 5.19. The number of benzene rings is 1. The highest BCUT2D eigenvalue weighted by Crippen LogP contribution is 2.23. The molecule has 1 nitrogen and oxygen atoms in total. The van der Waals surface area contributed by atoms with Crippen LogP contribution in [0.1, 0.15) is 25.7 Å². The van der Waals surface area contributed by atoms with Crippen molar-refractivity contribution < 1.29 is 0 Å². The summed E-state index contributed by atoms with van der Waals surface area (Å²) in [5, 5.41) is 6.96. The molecule has 0 spiro atoms. The number of hydrogen-bond donors (Lipinski definition) is 1. The third kappa shape index (κ3) is 3.60. The van der Waals surface area contributed by atoms with E-state index >= 15 is 0 Å². The third-order valence-electron chi connectivity index (χ3n) is 2.87. The normalized spacial score (nSPS) is 10.6. The second-order valence-electron chi connectivity index (χ2n) is 4.24. The molecular weight excluding hydrogens is 226 g/mol. The summed E-state index contributed by atoms with van der Waals surface area (Å²) in [6, 6.07) is 8.77. The SMILES string of the molecule is C=CCCCCCNc1ccc2sccc2c1. The maximum atomic E-state index is 3.74. The second kappa shape index (κ2) is 6.45. The predicted octanol–water partition coefficient (Wildman–Crippen LogP) is 5.06. The van der Waals surface area contributed by atoms with E-state index in [0.717, 1.165) is 13.0 Å². The van der Waals surface area contributed by atoms with E-state index in [4.69, 9.17) is 0 Å². The van der Waals surface area contributed by atoms with Gasteiger partial charge < -0.3 is 5.32 Å². The monoisotopic (exact) mass is 245 g/mol. The zero-order valence-electron chi connectivity index (χ0n) is 10.1. The van der Waals surface area contributed by atoms with Gasteiger partial charge in [0.25, 0.3) is 0 Å². The van der Waals surface area contributed by atoms with E-state index in [9.17, 15) is 0 Å². The summed E-state index contributed by atoms with van der Waals surface area (Å²) in [4.78, 5) is 0. The number of hydrogen-bond acceptors (Lipinski definition) is 2. The molecule has 0 radical (unpaired) electrons. The van der Waals surface area contributed by atoms with Crippen LogP contribution in [0.25, 0.3) is 10.1 Å². The van der Waals surface area contributed by atoms with Gasteiger partial charge in [0.05, 0.1) is 0 Å². The lowest BCUT2D eigenvalue weighted by Crippen LogP contribution is -2.00. The molecule has 0 saturated heterocycles. The van der Waals surface area contributed by atoms with Gasteiger partial charge in [-0.15, -0.1) is 17.9 Å². The van der Waals surface area contributed by atoms with Crippen molar-refractivity contribution >= 4 is 27.1 Å². The van der Waals surface area contributed by atoms with Gasteiger partial charge >= 0.3 is 0 Å². The lowest BCUT2D eigenvalue weighted by molar-refractivity contribution is 0.709. The van der Waals surface area contributed by atoms with Crippen LogP contribution in [0.15, 0.2) is 42.3 Å². The first-order valence-electron chi connectivity index (χ1n) is 6.22. The van der Waals surface area contributed by atoms with Crippen molar-refractivity contribution in [2.45, 2.75) is 25.7 Å². The zero-order valence-corrected chi connectivity index (χ0v) is 10.9. The number of anilines is 1. The topological polar surface area (TPSA) is 12.0 Å². The van der Waals surface area contributed by atoms with E-state index in [-0.39, 0.29) is 0 Å². The number of rotatable bonds is 7. The number of nitrogens with one attached hydrogen (secondary N) is 1. The van der Waals surface area contributed by atoms with Gasteiger partial charge in [0.1, 0.15) is 0 Å². The van der Waals surface area contributed by atoms with Gasteiger partial charge in [0.2, 0.25) is 0 Å². The van der Waals surface area contributed by atoms with E-state index in [1.807, 2.05) is 6.08 Å². The maximum absolute atomic E-state index is 3.74. The molecule has 1 heterocycles. The van der Waals surface area contributed by atoms with E-state index in [1.54, 1.807) is 11.3 Å². The van der Waals surface area contributed by atoms with Crippen molar-refractivity contribution in [1.82, 2.24) is 0 Å². The molecule has 17 heavy (non-hydrogen) atoms. The maximum Gasteiger partial charge on any atom is 0.0347 e. The average Bonchev–Trinajstić information content (AvgIpc) is 2.81. The number of unbranched alkanes of at least 4 members (excludes halogenated alkanes) is 3. The Morgan fingerprint density at radius 3 is 3.00 bits per heavy atom. The third-order valence-corrected chi connectivity index (χ3v) is 3.76. The number of fused-ring (bicyclic) bond motifs is 1. The molecule has 0 aliphatic rings. The van der Waals surface area contributed by atoms with Crippen molar-refractivity contribution in [2.24, 2.45) is 0 Å². The molecule has 0 bridgehead atoms. The minimum Gasteiger partial charge on any atom is -0.385 e. The first-order valence-corrected chi connectivity index (χ1v) is 7.10. The first kappa shape index (κ1) is 12.2.